The van der Waals surface area contributed by atoms with Crippen LogP contribution in [0.3, 0.4) is 0 Å². The van der Waals surface area contributed by atoms with E-state index < -0.39 is 0 Å². The van der Waals surface area contributed by atoms with Crippen LogP contribution in [0, 0.1) is 6.92 Å². The maximum atomic E-state index is 5.17. The molecule has 0 aliphatic carbocycles. The second kappa shape index (κ2) is 6.80. The second-order valence-electron chi connectivity index (χ2n) is 3.49. The van der Waals surface area contributed by atoms with Gasteiger partial charge in [0.1, 0.15) is 0 Å². The smallest absolute Gasteiger partial charge is 0.166 e. The van der Waals surface area contributed by atoms with Crippen LogP contribution in [0.25, 0.3) is 0 Å². The van der Waals surface area contributed by atoms with Crippen molar-refractivity contribution in [3.8, 4) is 0 Å². The number of thiophene rings is 1. The Morgan fingerprint density at radius 3 is 2.87 bits per heavy atom. The van der Waals surface area contributed by atoms with Gasteiger partial charge in [0.2, 0.25) is 0 Å². The molecule has 0 aliphatic rings. The fourth-order valence-corrected chi connectivity index (χ4v) is 2.21. The molecule has 0 saturated heterocycles. The van der Waals surface area contributed by atoms with E-state index in [0.29, 0.717) is 0 Å². The van der Waals surface area contributed by atoms with Crippen LogP contribution in [-0.2, 0) is 6.54 Å². The summed E-state index contributed by atoms with van der Waals surface area (Å²) in [4.78, 5) is 1.36. The lowest BCUT2D eigenvalue weighted by atomic mass is 10.3. The summed E-state index contributed by atoms with van der Waals surface area (Å²) in [6.07, 6.45) is 2.36. The maximum absolute atomic E-state index is 5.17. The Morgan fingerprint density at radius 2 is 2.27 bits per heavy atom. The van der Waals surface area contributed by atoms with Crippen molar-refractivity contribution in [2.75, 3.05) is 6.54 Å². The molecule has 0 saturated carbocycles. The molecule has 0 unspecified atom stereocenters. The summed E-state index contributed by atoms with van der Waals surface area (Å²) >= 11 is 6.94. The first kappa shape index (κ1) is 12.5. The molecule has 84 valence electrons. The number of aryl methyl sites for hydroxylation is 1. The normalized spacial score (nSPS) is 10.0. The van der Waals surface area contributed by atoms with Gasteiger partial charge in [-0.25, -0.2) is 0 Å². The molecule has 0 fully saturated rings. The van der Waals surface area contributed by atoms with Gasteiger partial charge in [-0.3, -0.25) is 0 Å². The lowest BCUT2D eigenvalue weighted by Crippen LogP contribution is -2.35. The highest BCUT2D eigenvalue weighted by Crippen LogP contribution is 2.14. The molecule has 1 rings (SSSR count). The van der Waals surface area contributed by atoms with Gasteiger partial charge in [-0.05, 0) is 42.6 Å². The zero-order valence-corrected chi connectivity index (χ0v) is 10.9. The summed E-state index contributed by atoms with van der Waals surface area (Å²) in [7, 11) is 0. The van der Waals surface area contributed by atoms with Crippen LogP contribution >= 0.6 is 23.6 Å². The van der Waals surface area contributed by atoms with E-state index in [1.165, 1.54) is 23.3 Å². The van der Waals surface area contributed by atoms with Crippen molar-refractivity contribution in [1.82, 2.24) is 10.6 Å². The number of hydrogen-bond donors (Lipinski definition) is 2. The van der Waals surface area contributed by atoms with Gasteiger partial charge in [0, 0.05) is 11.4 Å². The summed E-state index contributed by atoms with van der Waals surface area (Å²) in [6, 6.07) is 2.13. The first-order valence-corrected chi connectivity index (χ1v) is 6.57. The van der Waals surface area contributed by atoms with Crippen molar-refractivity contribution in [3.63, 3.8) is 0 Å². The molecular formula is C11H18N2S2. The van der Waals surface area contributed by atoms with E-state index in [-0.39, 0.29) is 0 Å². The zero-order chi connectivity index (χ0) is 11.1. The van der Waals surface area contributed by atoms with Crippen molar-refractivity contribution in [1.29, 1.82) is 0 Å². The average molecular weight is 242 g/mol. The lowest BCUT2D eigenvalue weighted by Gasteiger charge is -2.09. The van der Waals surface area contributed by atoms with Crippen LogP contribution in [0.1, 0.15) is 30.2 Å². The number of unbranched alkanes of at least 4 members (excludes halogenated alkanes) is 1. The Labute approximate surface area is 101 Å². The van der Waals surface area contributed by atoms with Gasteiger partial charge in [-0.1, -0.05) is 13.3 Å². The van der Waals surface area contributed by atoms with E-state index >= 15 is 0 Å². The number of nitrogens with one attached hydrogen (secondary N) is 2. The van der Waals surface area contributed by atoms with E-state index in [1.54, 1.807) is 11.3 Å². The molecule has 4 heteroatoms. The minimum absolute atomic E-state index is 0.760. The summed E-state index contributed by atoms with van der Waals surface area (Å²) < 4.78 is 0. The molecule has 0 radical (unpaired) electrons. The van der Waals surface area contributed by atoms with Gasteiger partial charge in [0.15, 0.2) is 5.11 Å². The minimum atomic E-state index is 0.760. The Bertz CT molecular complexity index is 307. The molecule has 0 amide bonds. The van der Waals surface area contributed by atoms with Gasteiger partial charge in [-0.2, -0.15) is 0 Å². The van der Waals surface area contributed by atoms with Gasteiger partial charge < -0.3 is 10.6 Å². The largest absolute Gasteiger partial charge is 0.363 e. The lowest BCUT2D eigenvalue weighted by molar-refractivity contribution is 0.740. The maximum Gasteiger partial charge on any atom is 0.166 e. The Kier molecular flexibility index (Phi) is 5.65. The highest BCUT2D eigenvalue weighted by molar-refractivity contribution is 7.80. The second-order valence-corrected chi connectivity index (χ2v) is 4.90. The van der Waals surface area contributed by atoms with Crippen LogP contribution in [0.15, 0.2) is 11.4 Å². The van der Waals surface area contributed by atoms with Crippen LogP contribution < -0.4 is 10.6 Å². The molecule has 0 aliphatic heterocycles. The highest BCUT2D eigenvalue weighted by atomic mass is 32.1. The molecule has 2 nitrogen and oxygen atoms in total. The van der Waals surface area contributed by atoms with Crippen molar-refractivity contribution >= 4 is 28.7 Å². The van der Waals surface area contributed by atoms with Crippen molar-refractivity contribution < 1.29 is 0 Å². The van der Waals surface area contributed by atoms with Crippen LogP contribution in [-0.4, -0.2) is 11.7 Å². The SMILES string of the molecule is CCCCNC(=S)NCc1sccc1C. The average Bonchev–Trinajstić information content (AvgIpc) is 2.61. The summed E-state index contributed by atoms with van der Waals surface area (Å²) in [5.74, 6) is 0. The van der Waals surface area contributed by atoms with Crippen molar-refractivity contribution in [3.05, 3.63) is 21.9 Å². The third-order valence-electron chi connectivity index (χ3n) is 2.19. The quantitative estimate of drug-likeness (QED) is 0.613. The third kappa shape index (κ3) is 4.62. The molecule has 2 N–H and O–H groups in total. The van der Waals surface area contributed by atoms with Crippen molar-refractivity contribution in [2.45, 2.75) is 33.2 Å². The Hall–Kier alpha value is -0.610. The van der Waals surface area contributed by atoms with E-state index in [1.807, 2.05) is 0 Å². The van der Waals surface area contributed by atoms with E-state index in [0.717, 1.165) is 18.2 Å². The van der Waals surface area contributed by atoms with E-state index in [2.05, 4.69) is 35.9 Å². The predicted octanol–water partition coefficient (Wildman–Crippen LogP) is 2.82. The molecule has 0 spiro atoms. The molecule has 1 aromatic heterocycles. The molecule has 0 aromatic carbocycles. The van der Waals surface area contributed by atoms with E-state index in [9.17, 15) is 0 Å². The van der Waals surface area contributed by atoms with Gasteiger partial charge in [0.25, 0.3) is 0 Å². The highest BCUT2D eigenvalue weighted by Gasteiger charge is 2.00. The predicted molar refractivity (Wildman–Crippen MR) is 71.4 cm³/mol. The first-order valence-electron chi connectivity index (χ1n) is 5.28. The van der Waals surface area contributed by atoms with E-state index in [4.69, 9.17) is 12.2 Å². The summed E-state index contributed by atoms with van der Waals surface area (Å²) in [5, 5.41) is 9.28. The molecule has 0 bridgehead atoms. The molecular weight excluding hydrogens is 224 g/mol. The number of rotatable bonds is 5. The molecule has 15 heavy (non-hydrogen) atoms. The summed E-state index contributed by atoms with van der Waals surface area (Å²) in [5.41, 5.74) is 1.34. The minimum Gasteiger partial charge on any atom is -0.363 e. The van der Waals surface area contributed by atoms with Gasteiger partial charge >= 0.3 is 0 Å². The van der Waals surface area contributed by atoms with Gasteiger partial charge in [-0.15, -0.1) is 11.3 Å². The standard InChI is InChI=1S/C11H18N2S2/c1-3-4-6-12-11(14)13-8-10-9(2)5-7-15-10/h5,7H,3-4,6,8H2,1-2H3,(H2,12,13,14). The topological polar surface area (TPSA) is 24.1 Å². The summed E-state index contributed by atoms with van der Waals surface area (Å²) in [6.45, 7) is 6.10. The van der Waals surface area contributed by atoms with Crippen LogP contribution in [0.4, 0.5) is 0 Å². The number of hydrogen-bond acceptors (Lipinski definition) is 2. The monoisotopic (exact) mass is 242 g/mol. The Morgan fingerprint density at radius 1 is 1.47 bits per heavy atom. The zero-order valence-electron chi connectivity index (χ0n) is 9.30. The third-order valence-corrected chi connectivity index (χ3v) is 3.51. The van der Waals surface area contributed by atoms with Gasteiger partial charge in [0.05, 0.1) is 6.54 Å². The van der Waals surface area contributed by atoms with Crippen LogP contribution in [0.2, 0.25) is 0 Å². The van der Waals surface area contributed by atoms with Crippen LogP contribution in [0.5, 0.6) is 0 Å². The fourth-order valence-electron chi connectivity index (χ4n) is 1.19. The first-order chi connectivity index (χ1) is 7.24. The molecule has 1 heterocycles. The number of thiocarbonyl (C=S) groups is 1. The molecule has 0 atom stereocenters. The fraction of sp³-hybridized carbons (Fsp3) is 0.545. The van der Waals surface area contributed by atoms with Crippen molar-refractivity contribution in [2.24, 2.45) is 0 Å². The molecule has 1 aromatic rings. The Balaban J connectivity index is 2.20.